The largest absolute Gasteiger partial charge is 0.493 e. The molecule has 0 aliphatic rings. The molecular weight excluding hydrogens is 509 g/mol. The molecule has 8 heteroatoms. The van der Waals surface area contributed by atoms with Crippen molar-refractivity contribution in [1.82, 2.24) is 0 Å². The number of halogens is 7. The summed E-state index contributed by atoms with van der Waals surface area (Å²) in [5, 5.41) is -0.132. The molecule has 0 N–H and O–H groups in total. The zero-order valence-electron chi connectivity index (χ0n) is 20.2. The van der Waals surface area contributed by atoms with Gasteiger partial charge in [-0.2, -0.15) is 0 Å². The zero-order valence-corrected chi connectivity index (χ0v) is 20.2. The van der Waals surface area contributed by atoms with Gasteiger partial charge in [0.05, 0.1) is 12.2 Å². The fraction of sp³-hybridized carbons (Fsp3) is 0.200. The molecule has 0 radical (unpaired) electrons. The Morgan fingerprint density at radius 2 is 1.37 bits per heavy atom. The number of ether oxygens (including phenoxy) is 1. The maximum atomic E-state index is 14.7. The quantitative estimate of drug-likeness (QED) is 0.101. The third-order valence-electron chi connectivity index (χ3n) is 5.95. The molecule has 0 aliphatic heterocycles. The van der Waals surface area contributed by atoms with E-state index >= 15 is 0 Å². The SMILES string of the molecule is CCCCOc1cc(F)c(CCc2cc(F)c(C#Cc3ccc4c(F)c(F)c(F)cc4c3)c(F)c2)c(F)c1. The lowest BCUT2D eigenvalue weighted by Gasteiger charge is -2.10. The molecule has 0 heterocycles. The smallest absolute Gasteiger partial charge is 0.195 e. The lowest BCUT2D eigenvalue weighted by Crippen LogP contribution is -2.03. The summed E-state index contributed by atoms with van der Waals surface area (Å²) in [6.45, 7) is 2.29. The Kier molecular flexibility index (Phi) is 8.26. The molecule has 196 valence electrons. The van der Waals surface area contributed by atoms with Gasteiger partial charge < -0.3 is 4.74 Å². The van der Waals surface area contributed by atoms with Gasteiger partial charge in [0.25, 0.3) is 0 Å². The zero-order chi connectivity index (χ0) is 27.4. The van der Waals surface area contributed by atoms with Gasteiger partial charge in [0.2, 0.25) is 0 Å². The molecule has 0 atom stereocenters. The minimum absolute atomic E-state index is 0.0320. The minimum atomic E-state index is -1.60. The second-order valence-corrected chi connectivity index (χ2v) is 8.67. The van der Waals surface area contributed by atoms with Gasteiger partial charge in [0.1, 0.15) is 29.0 Å². The Morgan fingerprint density at radius 1 is 0.684 bits per heavy atom. The molecule has 0 aliphatic carbocycles. The van der Waals surface area contributed by atoms with Gasteiger partial charge in [-0.15, -0.1) is 0 Å². The molecule has 0 saturated heterocycles. The predicted molar refractivity (Wildman–Crippen MR) is 130 cm³/mol. The molecule has 0 saturated carbocycles. The van der Waals surface area contributed by atoms with Crippen LogP contribution in [-0.4, -0.2) is 6.61 Å². The summed E-state index contributed by atoms with van der Waals surface area (Å²) in [7, 11) is 0. The highest BCUT2D eigenvalue weighted by molar-refractivity contribution is 5.84. The topological polar surface area (TPSA) is 9.23 Å². The first-order chi connectivity index (χ1) is 18.2. The Morgan fingerprint density at radius 3 is 2.03 bits per heavy atom. The lowest BCUT2D eigenvalue weighted by atomic mass is 10.0. The lowest BCUT2D eigenvalue weighted by molar-refractivity contribution is 0.305. The van der Waals surface area contributed by atoms with Crippen LogP contribution in [0.1, 0.15) is 42.0 Å². The van der Waals surface area contributed by atoms with Gasteiger partial charge >= 0.3 is 0 Å². The van der Waals surface area contributed by atoms with E-state index in [2.05, 4.69) is 11.8 Å². The number of hydrogen-bond donors (Lipinski definition) is 0. The van der Waals surface area contributed by atoms with E-state index in [-0.39, 0.29) is 46.1 Å². The number of unbranched alkanes of at least 4 members (excludes halogenated alkanes) is 1. The van der Waals surface area contributed by atoms with Crippen molar-refractivity contribution in [3.8, 4) is 17.6 Å². The maximum absolute atomic E-state index is 14.7. The number of hydrogen-bond acceptors (Lipinski definition) is 1. The van der Waals surface area contributed by atoms with Gasteiger partial charge in [0, 0.05) is 28.6 Å². The molecule has 4 aromatic rings. The standard InChI is InChI=1S/C30H21F7O/c1-2-3-10-38-20-15-26(33)23(27(34)16-20)9-6-18-12-24(31)22(25(32)13-18)8-5-17-4-7-21-19(11-17)14-28(35)30(37)29(21)36/h4,7,11-16H,2-3,6,9-10H2,1H3. The summed E-state index contributed by atoms with van der Waals surface area (Å²) in [6.07, 6.45) is 1.44. The molecule has 0 amide bonds. The highest BCUT2D eigenvalue weighted by Gasteiger charge is 2.15. The monoisotopic (exact) mass is 530 g/mol. The normalized spacial score (nSPS) is 10.9. The Hall–Kier alpha value is -3.99. The second kappa shape index (κ2) is 11.6. The fourth-order valence-corrected chi connectivity index (χ4v) is 3.91. The van der Waals surface area contributed by atoms with Gasteiger partial charge in [-0.05, 0) is 60.5 Å². The Balaban J connectivity index is 1.51. The number of aryl methyl sites for hydroxylation is 1. The summed E-state index contributed by atoms with van der Waals surface area (Å²) >= 11 is 0. The van der Waals surface area contributed by atoms with E-state index in [9.17, 15) is 30.7 Å². The van der Waals surface area contributed by atoms with E-state index in [0.717, 1.165) is 43.2 Å². The molecule has 0 spiro atoms. The van der Waals surface area contributed by atoms with E-state index in [1.165, 1.54) is 18.2 Å². The predicted octanol–water partition coefficient (Wildman–Crippen LogP) is 8.18. The van der Waals surface area contributed by atoms with Gasteiger partial charge in [0.15, 0.2) is 17.5 Å². The maximum Gasteiger partial charge on any atom is 0.195 e. The summed E-state index contributed by atoms with van der Waals surface area (Å²) in [5.41, 5.74) is -0.400. The van der Waals surface area contributed by atoms with E-state index < -0.39 is 46.3 Å². The number of rotatable bonds is 7. The summed E-state index contributed by atoms with van der Waals surface area (Å²) in [4.78, 5) is 0. The molecule has 1 nitrogen and oxygen atoms in total. The van der Waals surface area contributed by atoms with E-state index in [1.807, 2.05) is 6.92 Å². The van der Waals surface area contributed by atoms with Crippen molar-refractivity contribution in [3.63, 3.8) is 0 Å². The molecule has 0 unspecified atom stereocenters. The van der Waals surface area contributed by atoms with Crippen LogP contribution >= 0.6 is 0 Å². The first kappa shape index (κ1) is 27.1. The molecule has 0 fully saturated rings. The molecular formula is C30H21F7O. The van der Waals surface area contributed by atoms with Crippen LogP contribution in [-0.2, 0) is 12.8 Å². The van der Waals surface area contributed by atoms with Crippen molar-refractivity contribution in [2.75, 3.05) is 6.61 Å². The van der Waals surface area contributed by atoms with Crippen molar-refractivity contribution in [2.45, 2.75) is 32.6 Å². The number of benzene rings is 4. The van der Waals surface area contributed by atoms with Crippen LogP contribution < -0.4 is 4.74 Å². The highest BCUT2D eigenvalue weighted by Crippen LogP contribution is 2.25. The van der Waals surface area contributed by atoms with Crippen LogP contribution in [0.3, 0.4) is 0 Å². The van der Waals surface area contributed by atoms with Gasteiger partial charge in [-0.1, -0.05) is 31.3 Å². The van der Waals surface area contributed by atoms with Crippen LogP contribution in [0.4, 0.5) is 30.7 Å². The van der Waals surface area contributed by atoms with Gasteiger partial charge in [-0.25, -0.2) is 30.7 Å². The summed E-state index contributed by atoms with van der Waals surface area (Å²) < 4.78 is 104. The fourth-order valence-electron chi connectivity index (χ4n) is 3.91. The van der Waals surface area contributed by atoms with E-state index in [0.29, 0.717) is 6.61 Å². The van der Waals surface area contributed by atoms with Crippen LogP contribution in [0, 0.1) is 52.6 Å². The van der Waals surface area contributed by atoms with Crippen LogP contribution in [0.2, 0.25) is 0 Å². The van der Waals surface area contributed by atoms with Crippen molar-refractivity contribution >= 4 is 10.8 Å². The Bertz CT molecular complexity index is 1520. The van der Waals surface area contributed by atoms with E-state index in [4.69, 9.17) is 4.74 Å². The van der Waals surface area contributed by atoms with Crippen LogP contribution in [0.15, 0.2) is 48.5 Å². The molecule has 4 aromatic carbocycles. The summed E-state index contributed by atoms with van der Waals surface area (Å²) in [6, 6.07) is 8.78. The first-order valence-corrected chi connectivity index (χ1v) is 11.9. The molecule has 4 rings (SSSR count). The summed E-state index contributed by atoms with van der Waals surface area (Å²) in [5.74, 6) is -2.93. The highest BCUT2D eigenvalue weighted by atomic mass is 19.2. The average molecular weight is 530 g/mol. The Labute approximate surface area is 214 Å². The second-order valence-electron chi connectivity index (χ2n) is 8.67. The van der Waals surface area contributed by atoms with Gasteiger partial charge in [-0.3, -0.25) is 0 Å². The van der Waals surface area contributed by atoms with Crippen molar-refractivity contribution in [3.05, 3.63) is 112 Å². The van der Waals surface area contributed by atoms with E-state index in [1.54, 1.807) is 0 Å². The van der Waals surface area contributed by atoms with Crippen molar-refractivity contribution < 1.29 is 35.5 Å². The molecule has 38 heavy (non-hydrogen) atoms. The van der Waals surface area contributed by atoms with Crippen LogP contribution in [0.5, 0.6) is 5.75 Å². The molecule has 0 aromatic heterocycles. The number of fused-ring (bicyclic) bond motifs is 1. The van der Waals surface area contributed by atoms with Crippen LogP contribution in [0.25, 0.3) is 10.8 Å². The third-order valence-corrected chi connectivity index (χ3v) is 5.95. The third kappa shape index (κ3) is 5.94. The van der Waals surface area contributed by atoms with Crippen molar-refractivity contribution in [2.24, 2.45) is 0 Å². The minimum Gasteiger partial charge on any atom is -0.493 e. The first-order valence-electron chi connectivity index (χ1n) is 11.9. The molecule has 0 bridgehead atoms. The average Bonchev–Trinajstić information content (AvgIpc) is 2.86. The van der Waals surface area contributed by atoms with Crippen molar-refractivity contribution in [1.29, 1.82) is 0 Å².